The predicted octanol–water partition coefficient (Wildman–Crippen LogP) is 2.36. The number of aromatic amines is 1. The highest BCUT2D eigenvalue weighted by molar-refractivity contribution is 7.17. The Morgan fingerprint density at radius 2 is 1.88 bits per heavy atom. The van der Waals surface area contributed by atoms with Crippen LogP contribution in [0.5, 0.6) is 5.75 Å². The van der Waals surface area contributed by atoms with Crippen LogP contribution < -0.4 is 10.2 Å². The number of H-pyrrole nitrogens is 1. The van der Waals surface area contributed by atoms with Gasteiger partial charge in [0.15, 0.2) is 10.9 Å². The second-order valence-electron chi connectivity index (χ2n) is 6.86. The van der Waals surface area contributed by atoms with Crippen LogP contribution in [0.4, 0.5) is 24.1 Å². The molecule has 0 atom stereocenters. The molecule has 1 saturated heterocycles. The molecular formula is C18H19F3N6O4S. The summed E-state index contributed by atoms with van der Waals surface area (Å²) in [5.74, 6) is -2.41. The summed E-state index contributed by atoms with van der Waals surface area (Å²) in [6, 6.07) is 4.84. The van der Waals surface area contributed by atoms with Gasteiger partial charge in [-0.05, 0) is 19.2 Å². The summed E-state index contributed by atoms with van der Waals surface area (Å²) < 4.78 is 31.7. The number of aromatic nitrogens is 3. The minimum Gasteiger partial charge on any atom is -0.508 e. The number of phenols is 1. The van der Waals surface area contributed by atoms with Crippen LogP contribution in [0.25, 0.3) is 10.9 Å². The van der Waals surface area contributed by atoms with E-state index in [1.807, 2.05) is 0 Å². The normalized spacial score (nSPS) is 14.7. The highest BCUT2D eigenvalue weighted by Crippen LogP contribution is 2.27. The highest BCUT2D eigenvalue weighted by atomic mass is 32.1. The van der Waals surface area contributed by atoms with Crippen LogP contribution in [0.2, 0.25) is 0 Å². The molecule has 0 saturated carbocycles. The molecule has 0 unspecified atom stereocenters. The number of carboxylic acids is 1. The zero-order valence-corrected chi connectivity index (χ0v) is 17.5. The molecule has 0 bridgehead atoms. The smallest absolute Gasteiger partial charge is 0.490 e. The second kappa shape index (κ2) is 9.40. The van der Waals surface area contributed by atoms with Crippen molar-refractivity contribution >= 4 is 45.1 Å². The summed E-state index contributed by atoms with van der Waals surface area (Å²) in [7, 11) is 2.10. The molecule has 14 heteroatoms. The molecule has 3 aromatic rings. The first kappa shape index (κ1) is 23.3. The van der Waals surface area contributed by atoms with Gasteiger partial charge in [0.2, 0.25) is 0 Å². The molecule has 3 heterocycles. The van der Waals surface area contributed by atoms with Crippen LogP contribution in [-0.4, -0.2) is 81.6 Å². The lowest BCUT2D eigenvalue weighted by atomic mass is 10.2. The van der Waals surface area contributed by atoms with Gasteiger partial charge in [0.05, 0.1) is 11.7 Å². The van der Waals surface area contributed by atoms with Gasteiger partial charge in [0.1, 0.15) is 10.6 Å². The fourth-order valence-corrected chi connectivity index (χ4v) is 3.65. The summed E-state index contributed by atoms with van der Waals surface area (Å²) in [6.45, 7) is 3.82. The number of aromatic hydroxyl groups is 1. The lowest BCUT2D eigenvalue weighted by Crippen LogP contribution is -2.44. The molecule has 0 radical (unpaired) electrons. The molecule has 1 aromatic carbocycles. The van der Waals surface area contributed by atoms with Crippen LogP contribution in [0.3, 0.4) is 0 Å². The van der Waals surface area contributed by atoms with Crippen molar-refractivity contribution in [3.8, 4) is 5.75 Å². The van der Waals surface area contributed by atoms with E-state index in [1.54, 1.807) is 24.4 Å². The largest absolute Gasteiger partial charge is 0.508 e. The zero-order valence-electron chi connectivity index (χ0n) is 16.7. The quantitative estimate of drug-likeness (QED) is 0.456. The third-order valence-electron chi connectivity index (χ3n) is 4.51. The number of thiazole rings is 1. The number of nitrogens with one attached hydrogen (secondary N) is 2. The number of carbonyl (C=O) groups is 2. The molecule has 172 valence electrons. The van der Waals surface area contributed by atoms with Gasteiger partial charge in [-0.15, -0.1) is 0 Å². The average molecular weight is 472 g/mol. The van der Waals surface area contributed by atoms with Crippen LogP contribution >= 0.6 is 11.3 Å². The summed E-state index contributed by atoms with van der Waals surface area (Å²) in [5, 5.41) is 27.9. The topological polar surface area (TPSA) is 135 Å². The molecule has 1 amide bonds. The average Bonchev–Trinajstić information content (AvgIpc) is 3.36. The lowest BCUT2D eigenvalue weighted by Gasteiger charge is -2.32. The number of hydrogen-bond donors (Lipinski definition) is 4. The maximum atomic E-state index is 12.5. The number of benzene rings is 1. The fraction of sp³-hybridized carbons (Fsp3) is 0.333. The first-order valence-corrected chi connectivity index (χ1v) is 10.0. The Labute approximate surface area is 183 Å². The Balaban J connectivity index is 0.000000360. The number of piperazine rings is 1. The molecule has 10 nitrogen and oxygen atoms in total. The maximum absolute atomic E-state index is 12.5. The van der Waals surface area contributed by atoms with Gasteiger partial charge in [-0.25, -0.2) is 9.78 Å². The Morgan fingerprint density at radius 3 is 2.50 bits per heavy atom. The number of carbonyl (C=O) groups excluding carboxylic acids is 1. The van der Waals surface area contributed by atoms with Crippen molar-refractivity contribution in [2.24, 2.45) is 0 Å². The summed E-state index contributed by atoms with van der Waals surface area (Å²) >= 11 is 1.38. The fourth-order valence-electron chi connectivity index (χ4n) is 2.79. The zero-order chi connectivity index (χ0) is 23.5. The van der Waals surface area contributed by atoms with Crippen molar-refractivity contribution in [2.75, 3.05) is 43.4 Å². The Hall–Kier alpha value is -3.39. The number of aliphatic carboxylic acids is 1. The van der Waals surface area contributed by atoms with Crippen LogP contribution in [0.15, 0.2) is 24.4 Å². The SMILES string of the molecule is CN1CCN(c2ncc(C(=O)Nc3n[nH]c4cc(O)ccc34)s2)CC1.O=C(O)C(F)(F)F. The van der Waals surface area contributed by atoms with Gasteiger partial charge >= 0.3 is 12.1 Å². The first-order chi connectivity index (χ1) is 15.0. The number of amides is 1. The maximum Gasteiger partial charge on any atom is 0.490 e. The van der Waals surface area contributed by atoms with Crippen molar-refractivity contribution < 1.29 is 33.0 Å². The highest BCUT2D eigenvalue weighted by Gasteiger charge is 2.38. The van der Waals surface area contributed by atoms with Crippen molar-refractivity contribution in [2.45, 2.75) is 6.18 Å². The van der Waals surface area contributed by atoms with E-state index in [0.29, 0.717) is 16.2 Å². The van der Waals surface area contributed by atoms with E-state index >= 15 is 0 Å². The number of rotatable bonds is 3. The van der Waals surface area contributed by atoms with E-state index in [0.717, 1.165) is 36.7 Å². The van der Waals surface area contributed by atoms with Gasteiger partial charge in [0.25, 0.3) is 5.91 Å². The van der Waals surface area contributed by atoms with Crippen LogP contribution in [0, 0.1) is 0 Å². The molecule has 32 heavy (non-hydrogen) atoms. The van der Waals surface area contributed by atoms with E-state index in [9.17, 15) is 23.1 Å². The number of anilines is 2. The van der Waals surface area contributed by atoms with Gasteiger partial charge < -0.3 is 25.3 Å². The standard InChI is InChI=1S/C16H18N6O2S.C2HF3O2/c1-21-4-6-22(7-5-21)16-17-9-13(25-16)15(24)18-14-11-3-2-10(23)8-12(11)19-20-14;3-2(4,5)1(6)7/h2-3,8-9,23H,4-7H2,1H3,(H2,18,19,20,24);(H,6,7). The number of hydrogen-bond acceptors (Lipinski definition) is 8. The monoisotopic (exact) mass is 472 g/mol. The first-order valence-electron chi connectivity index (χ1n) is 9.22. The summed E-state index contributed by atoms with van der Waals surface area (Å²) in [4.78, 5) is 30.8. The number of alkyl halides is 3. The van der Waals surface area contributed by atoms with E-state index in [4.69, 9.17) is 9.90 Å². The third-order valence-corrected chi connectivity index (χ3v) is 5.57. The molecule has 2 aromatic heterocycles. The molecule has 4 rings (SSSR count). The van der Waals surface area contributed by atoms with Crippen molar-refractivity contribution in [1.82, 2.24) is 20.1 Å². The number of halogens is 3. The molecule has 0 aliphatic carbocycles. The van der Waals surface area contributed by atoms with Gasteiger partial charge in [-0.3, -0.25) is 9.89 Å². The van der Waals surface area contributed by atoms with Gasteiger partial charge in [0, 0.05) is 37.6 Å². The van der Waals surface area contributed by atoms with Crippen LogP contribution in [0.1, 0.15) is 9.67 Å². The summed E-state index contributed by atoms with van der Waals surface area (Å²) in [5.41, 5.74) is 0.665. The van der Waals surface area contributed by atoms with Crippen molar-refractivity contribution in [1.29, 1.82) is 0 Å². The van der Waals surface area contributed by atoms with E-state index < -0.39 is 12.1 Å². The minimum absolute atomic E-state index is 0.147. The number of likely N-dealkylation sites (N-methyl/N-ethyl adjacent to an activating group) is 1. The van der Waals surface area contributed by atoms with Crippen molar-refractivity contribution in [3.63, 3.8) is 0 Å². The molecule has 0 spiro atoms. The number of carboxylic acid groups (broad SMARTS) is 1. The van der Waals surface area contributed by atoms with Crippen LogP contribution in [-0.2, 0) is 4.79 Å². The molecule has 1 aliphatic rings. The van der Waals surface area contributed by atoms with Gasteiger partial charge in [-0.1, -0.05) is 11.3 Å². The predicted molar refractivity (Wildman–Crippen MR) is 111 cm³/mol. The Bertz CT molecular complexity index is 1110. The van der Waals surface area contributed by atoms with E-state index in [2.05, 4.69) is 37.3 Å². The van der Waals surface area contributed by atoms with E-state index in [1.165, 1.54) is 11.3 Å². The molecule has 4 N–H and O–H groups in total. The molecule has 1 fully saturated rings. The van der Waals surface area contributed by atoms with Gasteiger partial charge in [-0.2, -0.15) is 18.3 Å². The minimum atomic E-state index is -5.08. The second-order valence-corrected chi connectivity index (χ2v) is 7.87. The number of fused-ring (bicyclic) bond motifs is 1. The Kier molecular flexibility index (Phi) is 6.84. The van der Waals surface area contributed by atoms with Crippen molar-refractivity contribution in [3.05, 3.63) is 29.3 Å². The van der Waals surface area contributed by atoms with E-state index in [-0.39, 0.29) is 11.7 Å². The molecular weight excluding hydrogens is 453 g/mol. The lowest BCUT2D eigenvalue weighted by molar-refractivity contribution is -0.192. The number of phenolic OH excluding ortho intramolecular Hbond substituents is 1. The summed E-state index contributed by atoms with van der Waals surface area (Å²) in [6.07, 6.45) is -3.48. The molecule has 1 aliphatic heterocycles. The Morgan fingerprint density at radius 1 is 1.22 bits per heavy atom. The number of nitrogens with zero attached hydrogens (tertiary/aromatic N) is 4. The third kappa shape index (κ3) is 5.64.